The third kappa shape index (κ3) is 3.66. The zero-order chi connectivity index (χ0) is 14.3. The van der Waals surface area contributed by atoms with Gasteiger partial charge in [0.25, 0.3) is 0 Å². The van der Waals surface area contributed by atoms with Crippen molar-refractivity contribution in [3.8, 4) is 11.4 Å². The first-order chi connectivity index (χ1) is 10.4. The molecule has 0 aliphatic rings. The summed E-state index contributed by atoms with van der Waals surface area (Å²) in [6.07, 6.45) is 4.65. The minimum absolute atomic E-state index is 0.754. The fourth-order valence-corrected chi connectivity index (χ4v) is 2.15. The van der Waals surface area contributed by atoms with E-state index in [4.69, 9.17) is 0 Å². The fraction of sp³-hybridized carbons (Fsp3) is 0.111. The van der Waals surface area contributed by atoms with Gasteiger partial charge in [-0.1, -0.05) is 60.7 Å². The lowest BCUT2D eigenvalue weighted by Gasteiger charge is -2.06. The van der Waals surface area contributed by atoms with Crippen LogP contribution in [-0.4, -0.2) is 16.5 Å². The van der Waals surface area contributed by atoms with Gasteiger partial charge < -0.3 is 5.32 Å². The van der Waals surface area contributed by atoms with E-state index in [1.807, 2.05) is 48.8 Å². The lowest BCUT2D eigenvalue weighted by molar-refractivity contribution is 1.01. The van der Waals surface area contributed by atoms with Crippen molar-refractivity contribution in [2.75, 3.05) is 11.9 Å². The summed E-state index contributed by atoms with van der Waals surface area (Å²) in [5, 5.41) is 3.35. The van der Waals surface area contributed by atoms with E-state index in [0.717, 1.165) is 30.0 Å². The molecule has 0 aliphatic carbocycles. The van der Waals surface area contributed by atoms with Crippen molar-refractivity contribution in [3.63, 3.8) is 0 Å². The average molecular weight is 275 g/mol. The topological polar surface area (TPSA) is 37.8 Å². The van der Waals surface area contributed by atoms with Crippen molar-refractivity contribution >= 4 is 5.69 Å². The van der Waals surface area contributed by atoms with Crippen molar-refractivity contribution in [3.05, 3.63) is 78.6 Å². The molecule has 21 heavy (non-hydrogen) atoms. The quantitative estimate of drug-likeness (QED) is 0.769. The molecule has 1 heterocycles. The van der Waals surface area contributed by atoms with Crippen LogP contribution in [0.1, 0.15) is 5.56 Å². The van der Waals surface area contributed by atoms with E-state index in [9.17, 15) is 0 Å². The first kappa shape index (κ1) is 13.3. The summed E-state index contributed by atoms with van der Waals surface area (Å²) in [7, 11) is 0. The maximum atomic E-state index is 4.40. The number of benzene rings is 2. The summed E-state index contributed by atoms with van der Waals surface area (Å²) in [6, 6.07) is 20.4. The van der Waals surface area contributed by atoms with Crippen molar-refractivity contribution in [2.45, 2.75) is 6.42 Å². The number of rotatable bonds is 5. The maximum absolute atomic E-state index is 4.40. The summed E-state index contributed by atoms with van der Waals surface area (Å²) in [5.74, 6) is 0.754. The SMILES string of the molecule is c1ccc(CCNc2cnc(-c3ccccc3)nc2)cc1. The van der Waals surface area contributed by atoms with Gasteiger partial charge in [-0.15, -0.1) is 0 Å². The Kier molecular flexibility index (Phi) is 4.22. The van der Waals surface area contributed by atoms with Crippen molar-refractivity contribution in [2.24, 2.45) is 0 Å². The van der Waals surface area contributed by atoms with Gasteiger partial charge in [0.1, 0.15) is 0 Å². The molecule has 104 valence electrons. The predicted molar refractivity (Wildman–Crippen MR) is 86.1 cm³/mol. The molecule has 3 nitrogen and oxygen atoms in total. The molecule has 2 aromatic carbocycles. The van der Waals surface area contributed by atoms with Gasteiger partial charge in [-0.3, -0.25) is 0 Å². The van der Waals surface area contributed by atoms with E-state index in [1.54, 1.807) is 0 Å². The van der Waals surface area contributed by atoms with Crippen molar-refractivity contribution in [1.82, 2.24) is 9.97 Å². The second-order valence-corrected chi connectivity index (χ2v) is 4.82. The van der Waals surface area contributed by atoms with E-state index in [2.05, 4.69) is 39.6 Å². The summed E-state index contributed by atoms with van der Waals surface area (Å²) >= 11 is 0. The highest BCUT2D eigenvalue weighted by atomic mass is 14.9. The van der Waals surface area contributed by atoms with Gasteiger partial charge in [0, 0.05) is 12.1 Å². The van der Waals surface area contributed by atoms with Gasteiger partial charge in [0.2, 0.25) is 0 Å². The Bertz CT molecular complexity index is 664. The van der Waals surface area contributed by atoms with E-state index >= 15 is 0 Å². The Morgan fingerprint density at radius 3 is 2.05 bits per heavy atom. The number of nitrogens with one attached hydrogen (secondary N) is 1. The highest BCUT2D eigenvalue weighted by Crippen LogP contribution is 2.14. The molecule has 3 heteroatoms. The number of aromatic nitrogens is 2. The zero-order valence-electron chi connectivity index (χ0n) is 11.7. The predicted octanol–water partition coefficient (Wildman–Crippen LogP) is 3.80. The van der Waals surface area contributed by atoms with Crippen molar-refractivity contribution in [1.29, 1.82) is 0 Å². The Morgan fingerprint density at radius 1 is 0.762 bits per heavy atom. The molecule has 0 radical (unpaired) electrons. The van der Waals surface area contributed by atoms with Crippen molar-refractivity contribution < 1.29 is 0 Å². The first-order valence-corrected chi connectivity index (χ1v) is 7.07. The minimum Gasteiger partial charge on any atom is -0.382 e. The number of hydrogen-bond acceptors (Lipinski definition) is 3. The summed E-state index contributed by atoms with van der Waals surface area (Å²) in [5.41, 5.74) is 3.31. The van der Waals surface area contributed by atoms with Crippen LogP contribution in [0.25, 0.3) is 11.4 Å². The molecule has 0 amide bonds. The third-order valence-corrected chi connectivity index (χ3v) is 3.27. The number of hydrogen-bond donors (Lipinski definition) is 1. The van der Waals surface area contributed by atoms with E-state index in [1.165, 1.54) is 5.56 Å². The molecule has 3 aromatic rings. The fourth-order valence-electron chi connectivity index (χ4n) is 2.15. The minimum atomic E-state index is 0.754. The summed E-state index contributed by atoms with van der Waals surface area (Å²) in [6.45, 7) is 0.873. The molecule has 1 N–H and O–H groups in total. The highest BCUT2D eigenvalue weighted by Gasteiger charge is 2.00. The summed E-state index contributed by atoms with van der Waals surface area (Å²) < 4.78 is 0. The van der Waals surface area contributed by atoms with Gasteiger partial charge in [-0.2, -0.15) is 0 Å². The van der Waals surface area contributed by atoms with E-state index in [-0.39, 0.29) is 0 Å². The Hall–Kier alpha value is -2.68. The van der Waals surface area contributed by atoms with Crippen LogP contribution in [0.2, 0.25) is 0 Å². The zero-order valence-corrected chi connectivity index (χ0v) is 11.7. The molecular formula is C18H17N3. The van der Waals surface area contributed by atoms with E-state index < -0.39 is 0 Å². The smallest absolute Gasteiger partial charge is 0.159 e. The molecule has 0 saturated heterocycles. The normalized spacial score (nSPS) is 10.3. The maximum Gasteiger partial charge on any atom is 0.159 e. The van der Waals surface area contributed by atoms with Crippen LogP contribution in [0.4, 0.5) is 5.69 Å². The molecule has 0 bridgehead atoms. The molecule has 1 aromatic heterocycles. The second kappa shape index (κ2) is 6.66. The first-order valence-electron chi connectivity index (χ1n) is 7.07. The van der Waals surface area contributed by atoms with Gasteiger partial charge in [0.15, 0.2) is 5.82 Å². The molecule has 0 atom stereocenters. The van der Waals surface area contributed by atoms with Crippen LogP contribution in [0.3, 0.4) is 0 Å². The summed E-state index contributed by atoms with van der Waals surface area (Å²) in [4.78, 5) is 8.80. The van der Waals surface area contributed by atoms with Crippen LogP contribution in [0.5, 0.6) is 0 Å². The third-order valence-electron chi connectivity index (χ3n) is 3.27. The average Bonchev–Trinajstić information content (AvgIpc) is 2.57. The van der Waals surface area contributed by atoms with Crippen LogP contribution >= 0.6 is 0 Å². The monoisotopic (exact) mass is 275 g/mol. The van der Waals surface area contributed by atoms with Gasteiger partial charge in [-0.05, 0) is 12.0 Å². The molecular weight excluding hydrogens is 258 g/mol. The Morgan fingerprint density at radius 2 is 1.38 bits per heavy atom. The Labute approximate surface area is 124 Å². The highest BCUT2D eigenvalue weighted by molar-refractivity contribution is 5.55. The number of nitrogens with zero attached hydrogens (tertiary/aromatic N) is 2. The largest absolute Gasteiger partial charge is 0.382 e. The van der Waals surface area contributed by atoms with Gasteiger partial charge in [0.05, 0.1) is 18.1 Å². The molecule has 3 rings (SSSR count). The lowest BCUT2D eigenvalue weighted by Crippen LogP contribution is -2.05. The second-order valence-electron chi connectivity index (χ2n) is 4.82. The lowest BCUT2D eigenvalue weighted by atomic mass is 10.1. The number of anilines is 1. The van der Waals surface area contributed by atoms with Crippen LogP contribution in [0.15, 0.2) is 73.1 Å². The molecule has 0 fully saturated rings. The van der Waals surface area contributed by atoms with Crippen LogP contribution in [0, 0.1) is 0 Å². The molecule has 0 unspecified atom stereocenters. The van der Waals surface area contributed by atoms with Gasteiger partial charge >= 0.3 is 0 Å². The van der Waals surface area contributed by atoms with E-state index in [0.29, 0.717) is 0 Å². The molecule has 0 aliphatic heterocycles. The Balaban J connectivity index is 1.58. The molecule has 0 spiro atoms. The van der Waals surface area contributed by atoms with Crippen LogP contribution in [-0.2, 0) is 6.42 Å². The standard InChI is InChI=1S/C18H17N3/c1-3-7-15(8-4-1)11-12-19-17-13-20-18(21-14-17)16-9-5-2-6-10-16/h1-10,13-14,19H,11-12H2. The van der Waals surface area contributed by atoms with Gasteiger partial charge in [-0.25, -0.2) is 9.97 Å². The van der Waals surface area contributed by atoms with Crippen LogP contribution < -0.4 is 5.32 Å². The molecule has 0 saturated carbocycles.